The molecule has 2 N–H and O–H groups in total. The van der Waals surface area contributed by atoms with Gasteiger partial charge in [0.1, 0.15) is 11.6 Å². The summed E-state index contributed by atoms with van der Waals surface area (Å²) in [5, 5.41) is 5.35. The minimum atomic E-state index is -0.868. The molecule has 1 aromatic carbocycles. The average molecular weight is 399 g/mol. The second-order valence-corrected chi connectivity index (χ2v) is 7.32. The minimum absolute atomic E-state index is 0.258. The van der Waals surface area contributed by atoms with Gasteiger partial charge < -0.3 is 20.1 Å². The summed E-state index contributed by atoms with van der Waals surface area (Å²) in [6.45, 7) is 5.23. The standard InChI is InChI=1S/C21H25N3O5/c1-21(2,3)29-20(27)24-17(13-14-9-11-22-12-10-14)18(25)23-16-7-5-15(6-8-16)19(26)28-4/h5-12,17H,13H2,1-4H3,(H,23,25)(H,24,27)/t17-/m0/s1. The quantitative estimate of drug-likeness (QED) is 0.724. The summed E-state index contributed by atoms with van der Waals surface area (Å²) in [5.74, 6) is -0.886. The number of aromatic nitrogens is 1. The first-order valence-electron chi connectivity index (χ1n) is 9.05. The molecule has 0 fully saturated rings. The van der Waals surface area contributed by atoms with E-state index in [1.807, 2.05) is 0 Å². The molecule has 0 aliphatic rings. The van der Waals surface area contributed by atoms with Crippen LogP contribution in [-0.4, -0.2) is 41.7 Å². The molecule has 0 radical (unpaired) electrons. The molecule has 0 saturated carbocycles. The number of pyridine rings is 1. The number of rotatable bonds is 6. The smallest absolute Gasteiger partial charge is 0.408 e. The number of ether oxygens (including phenoxy) is 2. The summed E-state index contributed by atoms with van der Waals surface area (Å²) >= 11 is 0. The summed E-state index contributed by atoms with van der Waals surface area (Å²) < 4.78 is 9.92. The summed E-state index contributed by atoms with van der Waals surface area (Å²) in [7, 11) is 1.30. The summed E-state index contributed by atoms with van der Waals surface area (Å²) in [6.07, 6.45) is 2.80. The van der Waals surface area contributed by atoms with Crippen molar-refractivity contribution in [1.29, 1.82) is 0 Å². The lowest BCUT2D eigenvalue weighted by atomic mass is 10.1. The molecule has 8 nitrogen and oxygen atoms in total. The van der Waals surface area contributed by atoms with Gasteiger partial charge in [-0.3, -0.25) is 9.78 Å². The Hall–Kier alpha value is -3.42. The maximum Gasteiger partial charge on any atom is 0.408 e. The summed E-state index contributed by atoms with van der Waals surface area (Å²) in [6, 6.07) is 8.92. The van der Waals surface area contributed by atoms with Crippen molar-refractivity contribution in [3.8, 4) is 0 Å². The highest BCUT2D eigenvalue weighted by Crippen LogP contribution is 2.13. The van der Waals surface area contributed by atoms with Gasteiger partial charge in [-0.2, -0.15) is 0 Å². The fourth-order valence-corrected chi connectivity index (χ4v) is 2.45. The maximum absolute atomic E-state index is 12.8. The van der Waals surface area contributed by atoms with Crippen LogP contribution in [0.3, 0.4) is 0 Å². The third-order valence-electron chi connectivity index (χ3n) is 3.77. The second kappa shape index (κ2) is 9.68. The normalized spacial score (nSPS) is 11.9. The van der Waals surface area contributed by atoms with E-state index >= 15 is 0 Å². The van der Waals surface area contributed by atoms with Crippen molar-refractivity contribution in [3.63, 3.8) is 0 Å². The Kier molecular flexibility index (Phi) is 7.30. The number of nitrogens with one attached hydrogen (secondary N) is 2. The van der Waals surface area contributed by atoms with E-state index < -0.39 is 29.6 Å². The van der Waals surface area contributed by atoms with Crippen molar-refractivity contribution in [2.24, 2.45) is 0 Å². The van der Waals surface area contributed by atoms with E-state index in [1.54, 1.807) is 69.6 Å². The number of hydrogen-bond donors (Lipinski definition) is 2. The molecule has 2 amide bonds. The molecule has 1 aromatic heterocycles. The molecule has 1 heterocycles. The molecule has 0 spiro atoms. The van der Waals surface area contributed by atoms with E-state index in [9.17, 15) is 14.4 Å². The zero-order valence-corrected chi connectivity index (χ0v) is 16.9. The first-order valence-corrected chi connectivity index (χ1v) is 9.05. The number of carbonyl (C=O) groups excluding carboxylic acids is 3. The lowest BCUT2D eigenvalue weighted by Gasteiger charge is -2.23. The Morgan fingerprint density at radius 1 is 1.03 bits per heavy atom. The summed E-state index contributed by atoms with van der Waals surface area (Å²) in [4.78, 5) is 40.5. The zero-order chi connectivity index (χ0) is 21.4. The predicted octanol–water partition coefficient (Wildman–Crippen LogP) is 2.94. The van der Waals surface area contributed by atoms with Gasteiger partial charge in [-0.05, 0) is 62.7 Å². The van der Waals surface area contributed by atoms with Crippen molar-refractivity contribution in [2.75, 3.05) is 12.4 Å². The van der Waals surface area contributed by atoms with Crippen LogP contribution in [0.25, 0.3) is 0 Å². The van der Waals surface area contributed by atoms with Crippen LogP contribution in [0.2, 0.25) is 0 Å². The number of methoxy groups -OCH3 is 1. The molecule has 154 valence electrons. The number of nitrogens with zero attached hydrogens (tertiary/aromatic N) is 1. The van der Waals surface area contributed by atoms with Gasteiger partial charge in [0.05, 0.1) is 12.7 Å². The van der Waals surface area contributed by atoms with Crippen molar-refractivity contribution in [2.45, 2.75) is 38.8 Å². The summed E-state index contributed by atoms with van der Waals surface area (Å²) in [5.41, 5.74) is 0.988. The molecular weight excluding hydrogens is 374 g/mol. The fraction of sp³-hybridized carbons (Fsp3) is 0.333. The van der Waals surface area contributed by atoms with Crippen LogP contribution in [0.5, 0.6) is 0 Å². The topological polar surface area (TPSA) is 107 Å². The molecule has 2 rings (SSSR count). The third-order valence-corrected chi connectivity index (χ3v) is 3.77. The monoisotopic (exact) mass is 399 g/mol. The van der Waals surface area contributed by atoms with Gasteiger partial charge >= 0.3 is 12.1 Å². The molecule has 29 heavy (non-hydrogen) atoms. The van der Waals surface area contributed by atoms with Crippen molar-refractivity contribution in [1.82, 2.24) is 10.3 Å². The Morgan fingerprint density at radius 3 is 2.21 bits per heavy atom. The number of hydrogen-bond acceptors (Lipinski definition) is 6. The van der Waals surface area contributed by atoms with E-state index in [-0.39, 0.29) is 6.42 Å². The Bertz CT molecular complexity index is 845. The molecule has 0 unspecified atom stereocenters. The Morgan fingerprint density at radius 2 is 1.66 bits per heavy atom. The van der Waals surface area contributed by atoms with Crippen LogP contribution < -0.4 is 10.6 Å². The number of benzene rings is 1. The molecule has 0 bridgehead atoms. The number of alkyl carbamates (subject to hydrolysis) is 1. The first kappa shape index (κ1) is 21.9. The van der Waals surface area contributed by atoms with Crippen LogP contribution in [-0.2, 0) is 20.7 Å². The first-order chi connectivity index (χ1) is 13.7. The van der Waals surface area contributed by atoms with Crippen LogP contribution in [0.1, 0.15) is 36.7 Å². The van der Waals surface area contributed by atoms with Gasteiger partial charge in [0.25, 0.3) is 0 Å². The number of amides is 2. The van der Waals surface area contributed by atoms with E-state index in [0.717, 1.165) is 5.56 Å². The highest BCUT2D eigenvalue weighted by molar-refractivity contribution is 5.97. The van der Waals surface area contributed by atoms with Crippen LogP contribution >= 0.6 is 0 Å². The largest absolute Gasteiger partial charge is 0.465 e. The number of carbonyl (C=O) groups is 3. The van der Waals surface area contributed by atoms with E-state index in [4.69, 9.17) is 4.74 Å². The molecular formula is C21H25N3O5. The predicted molar refractivity (Wildman–Crippen MR) is 108 cm³/mol. The van der Waals surface area contributed by atoms with Crippen molar-refractivity contribution < 1.29 is 23.9 Å². The van der Waals surface area contributed by atoms with Crippen LogP contribution in [0.15, 0.2) is 48.8 Å². The van der Waals surface area contributed by atoms with Crippen LogP contribution in [0.4, 0.5) is 10.5 Å². The van der Waals surface area contributed by atoms with Gasteiger partial charge in [-0.15, -0.1) is 0 Å². The van der Waals surface area contributed by atoms with E-state index in [0.29, 0.717) is 11.3 Å². The number of esters is 1. The van der Waals surface area contributed by atoms with Crippen LogP contribution in [0, 0.1) is 0 Å². The molecule has 0 aliphatic heterocycles. The van der Waals surface area contributed by atoms with E-state index in [2.05, 4.69) is 20.4 Å². The molecule has 2 aromatic rings. The van der Waals surface area contributed by atoms with Gasteiger partial charge in [-0.1, -0.05) is 0 Å². The zero-order valence-electron chi connectivity index (χ0n) is 16.9. The lowest BCUT2D eigenvalue weighted by Crippen LogP contribution is -2.47. The van der Waals surface area contributed by atoms with Gasteiger partial charge in [0, 0.05) is 24.5 Å². The molecule has 8 heteroatoms. The Balaban J connectivity index is 2.12. The maximum atomic E-state index is 12.8. The lowest BCUT2D eigenvalue weighted by molar-refractivity contribution is -0.118. The van der Waals surface area contributed by atoms with Crippen molar-refractivity contribution >= 4 is 23.7 Å². The van der Waals surface area contributed by atoms with Gasteiger partial charge in [-0.25, -0.2) is 9.59 Å². The van der Waals surface area contributed by atoms with E-state index in [1.165, 1.54) is 7.11 Å². The average Bonchev–Trinajstić information content (AvgIpc) is 2.66. The fourth-order valence-electron chi connectivity index (χ4n) is 2.45. The third kappa shape index (κ3) is 7.25. The Labute approximate surface area is 169 Å². The minimum Gasteiger partial charge on any atom is -0.465 e. The molecule has 0 aliphatic carbocycles. The highest BCUT2D eigenvalue weighted by atomic mass is 16.6. The number of anilines is 1. The SMILES string of the molecule is COC(=O)c1ccc(NC(=O)[C@H](Cc2ccncc2)NC(=O)OC(C)(C)C)cc1. The second-order valence-electron chi connectivity index (χ2n) is 7.32. The van der Waals surface area contributed by atoms with Gasteiger partial charge in [0.2, 0.25) is 5.91 Å². The van der Waals surface area contributed by atoms with Gasteiger partial charge in [0.15, 0.2) is 0 Å². The molecule has 0 saturated heterocycles. The highest BCUT2D eigenvalue weighted by Gasteiger charge is 2.25. The molecule has 1 atom stereocenters. The van der Waals surface area contributed by atoms with Crippen molar-refractivity contribution in [3.05, 3.63) is 59.9 Å².